The van der Waals surface area contributed by atoms with Gasteiger partial charge in [-0.3, -0.25) is 9.36 Å². The number of nitrogens with one attached hydrogen (secondary N) is 1. The van der Waals surface area contributed by atoms with Crippen LogP contribution in [0.2, 0.25) is 0 Å². The SMILES string of the molecule is CC1CCCCN1CCCCNC(=O)CSc1nnc(-c2ccccc2F)n1-c1ccccc1. The lowest BCUT2D eigenvalue weighted by atomic mass is 10.0. The van der Waals surface area contributed by atoms with Gasteiger partial charge in [0.25, 0.3) is 0 Å². The molecule has 1 fully saturated rings. The molecule has 0 spiro atoms. The van der Waals surface area contributed by atoms with Crippen LogP contribution in [-0.2, 0) is 4.79 Å². The van der Waals surface area contributed by atoms with E-state index in [1.807, 2.05) is 30.3 Å². The van der Waals surface area contributed by atoms with Crippen LogP contribution >= 0.6 is 11.8 Å². The lowest BCUT2D eigenvalue weighted by Gasteiger charge is -2.33. The van der Waals surface area contributed by atoms with Gasteiger partial charge < -0.3 is 10.2 Å². The Morgan fingerprint density at radius 3 is 2.68 bits per heavy atom. The number of carbonyl (C=O) groups is 1. The fourth-order valence-electron chi connectivity index (χ4n) is 4.33. The molecule has 0 bridgehead atoms. The summed E-state index contributed by atoms with van der Waals surface area (Å²) in [6, 6.07) is 16.8. The Bertz CT molecular complexity index is 1070. The van der Waals surface area contributed by atoms with Crippen LogP contribution in [0.15, 0.2) is 59.8 Å². The molecule has 8 heteroatoms. The summed E-state index contributed by atoms with van der Waals surface area (Å²) in [4.78, 5) is 15.0. The van der Waals surface area contributed by atoms with Crippen LogP contribution in [0.25, 0.3) is 17.1 Å². The van der Waals surface area contributed by atoms with Gasteiger partial charge in [0.05, 0.1) is 11.3 Å². The predicted molar refractivity (Wildman–Crippen MR) is 135 cm³/mol. The van der Waals surface area contributed by atoms with Crippen molar-refractivity contribution in [2.24, 2.45) is 0 Å². The van der Waals surface area contributed by atoms with Gasteiger partial charge in [0.15, 0.2) is 11.0 Å². The molecule has 180 valence electrons. The summed E-state index contributed by atoms with van der Waals surface area (Å²) in [5.41, 5.74) is 1.19. The highest BCUT2D eigenvalue weighted by atomic mass is 32.2. The molecule has 1 aliphatic rings. The lowest BCUT2D eigenvalue weighted by molar-refractivity contribution is -0.118. The van der Waals surface area contributed by atoms with Crippen LogP contribution in [0.3, 0.4) is 0 Å². The van der Waals surface area contributed by atoms with Gasteiger partial charge in [-0.2, -0.15) is 0 Å². The molecule has 1 N–H and O–H groups in total. The Morgan fingerprint density at radius 2 is 1.88 bits per heavy atom. The summed E-state index contributed by atoms with van der Waals surface area (Å²) in [7, 11) is 0. The second kappa shape index (κ2) is 12.1. The molecule has 1 atom stereocenters. The second-order valence-corrected chi connectivity index (χ2v) is 9.63. The van der Waals surface area contributed by atoms with Crippen molar-refractivity contribution in [2.75, 3.05) is 25.4 Å². The van der Waals surface area contributed by atoms with Gasteiger partial charge in [0.2, 0.25) is 5.91 Å². The fourth-order valence-corrected chi connectivity index (χ4v) is 5.11. The summed E-state index contributed by atoms with van der Waals surface area (Å²) in [6.45, 7) is 5.28. The number of likely N-dealkylation sites (tertiary alicyclic amines) is 1. The maximum Gasteiger partial charge on any atom is 0.230 e. The molecule has 6 nitrogen and oxygen atoms in total. The minimum atomic E-state index is -0.361. The topological polar surface area (TPSA) is 63.1 Å². The average molecular weight is 482 g/mol. The van der Waals surface area contributed by atoms with Gasteiger partial charge in [-0.05, 0) is 70.0 Å². The molecule has 34 heavy (non-hydrogen) atoms. The highest BCUT2D eigenvalue weighted by molar-refractivity contribution is 7.99. The standard InChI is InChI=1S/C26H32FN5OS/c1-20-11-7-9-17-31(20)18-10-8-16-28-24(33)19-34-26-30-29-25(22-14-5-6-15-23(22)27)32(26)21-12-3-2-4-13-21/h2-6,12-15,20H,7-11,16-19H2,1H3,(H,28,33). The number of rotatable bonds is 10. The van der Waals surface area contributed by atoms with Crippen LogP contribution in [-0.4, -0.2) is 57.0 Å². The Balaban J connectivity index is 1.33. The number of carbonyl (C=O) groups excluding carboxylic acids is 1. The van der Waals surface area contributed by atoms with E-state index in [4.69, 9.17) is 0 Å². The molecule has 1 aliphatic heterocycles. The van der Waals surface area contributed by atoms with Crippen molar-refractivity contribution in [1.82, 2.24) is 25.0 Å². The van der Waals surface area contributed by atoms with Crippen LogP contribution in [0, 0.1) is 5.82 Å². The normalized spacial score (nSPS) is 16.5. The molecule has 3 aromatic rings. The van der Waals surface area contributed by atoms with Gasteiger partial charge in [-0.1, -0.05) is 48.5 Å². The third kappa shape index (κ3) is 6.24. The monoisotopic (exact) mass is 481 g/mol. The van der Waals surface area contributed by atoms with E-state index in [2.05, 4.69) is 27.3 Å². The molecule has 0 saturated carbocycles. The number of aromatic nitrogens is 3. The Kier molecular flexibility index (Phi) is 8.71. The number of thioether (sulfide) groups is 1. The summed E-state index contributed by atoms with van der Waals surface area (Å²) >= 11 is 1.30. The molecule has 1 amide bonds. The van der Waals surface area contributed by atoms with Crippen molar-refractivity contribution in [3.05, 3.63) is 60.4 Å². The number of hydrogen-bond donors (Lipinski definition) is 1. The lowest BCUT2D eigenvalue weighted by Crippen LogP contribution is -2.38. The number of amides is 1. The van der Waals surface area contributed by atoms with Crippen LogP contribution in [0.5, 0.6) is 0 Å². The molecule has 1 aromatic heterocycles. The van der Waals surface area contributed by atoms with E-state index >= 15 is 0 Å². The molecule has 2 heterocycles. The van der Waals surface area contributed by atoms with Crippen LogP contribution in [0.4, 0.5) is 4.39 Å². The van der Waals surface area contributed by atoms with E-state index < -0.39 is 0 Å². The fraction of sp³-hybridized carbons (Fsp3) is 0.423. The van der Waals surface area contributed by atoms with E-state index in [1.54, 1.807) is 22.8 Å². The first kappa shape index (κ1) is 24.4. The van der Waals surface area contributed by atoms with Crippen molar-refractivity contribution in [3.8, 4) is 17.1 Å². The first-order valence-corrected chi connectivity index (χ1v) is 13.0. The van der Waals surface area contributed by atoms with E-state index in [9.17, 15) is 9.18 Å². The minimum Gasteiger partial charge on any atom is -0.355 e. The van der Waals surface area contributed by atoms with Crippen LogP contribution < -0.4 is 5.32 Å². The number of hydrogen-bond acceptors (Lipinski definition) is 5. The summed E-state index contributed by atoms with van der Waals surface area (Å²) in [5.74, 6) is 0.247. The van der Waals surface area contributed by atoms with E-state index in [0.717, 1.165) is 25.1 Å². The van der Waals surface area contributed by atoms with E-state index in [-0.39, 0.29) is 17.5 Å². The number of para-hydroxylation sites is 1. The molecule has 1 saturated heterocycles. The zero-order chi connectivity index (χ0) is 23.8. The molecular weight excluding hydrogens is 449 g/mol. The van der Waals surface area contributed by atoms with Crippen molar-refractivity contribution in [1.29, 1.82) is 0 Å². The van der Waals surface area contributed by atoms with Crippen molar-refractivity contribution >= 4 is 17.7 Å². The highest BCUT2D eigenvalue weighted by Gasteiger charge is 2.20. The van der Waals surface area contributed by atoms with Crippen molar-refractivity contribution in [3.63, 3.8) is 0 Å². The van der Waals surface area contributed by atoms with Crippen molar-refractivity contribution in [2.45, 2.75) is 50.2 Å². The Hall–Kier alpha value is -2.71. The van der Waals surface area contributed by atoms with Crippen LogP contribution in [0.1, 0.15) is 39.0 Å². The number of benzene rings is 2. The van der Waals surface area contributed by atoms with Gasteiger partial charge >= 0.3 is 0 Å². The largest absolute Gasteiger partial charge is 0.355 e. The smallest absolute Gasteiger partial charge is 0.230 e. The Labute approximate surface area is 205 Å². The molecule has 1 unspecified atom stereocenters. The minimum absolute atomic E-state index is 0.0357. The van der Waals surface area contributed by atoms with Gasteiger partial charge in [0, 0.05) is 18.3 Å². The third-order valence-corrected chi connectivity index (χ3v) is 7.16. The molecule has 4 rings (SSSR count). The average Bonchev–Trinajstić information content (AvgIpc) is 3.28. The van der Waals surface area contributed by atoms with Crippen molar-refractivity contribution < 1.29 is 9.18 Å². The molecule has 0 radical (unpaired) electrons. The summed E-state index contributed by atoms with van der Waals surface area (Å²) < 4.78 is 16.3. The number of piperidine rings is 1. The second-order valence-electron chi connectivity index (χ2n) is 8.68. The predicted octanol–water partition coefficient (Wildman–Crippen LogP) is 4.94. The molecular formula is C26H32FN5OS. The zero-order valence-corrected chi connectivity index (χ0v) is 20.4. The van der Waals surface area contributed by atoms with E-state index in [1.165, 1.54) is 43.6 Å². The summed E-state index contributed by atoms with van der Waals surface area (Å²) in [6.07, 6.45) is 5.99. The zero-order valence-electron chi connectivity index (χ0n) is 19.6. The molecule has 0 aliphatic carbocycles. The van der Waals surface area contributed by atoms with Gasteiger partial charge in [-0.15, -0.1) is 10.2 Å². The maximum absolute atomic E-state index is 14.5. The number of unbranched alkanes of at least 4 members (excludes halogenated alkanes) is 1. The quantitative estimate of drug-likeness (QED) is 0.328. The maximum atomic E-state index is 14.5. The Morgan fingerprint density at radius 1 is 1.09 bits per heavy atom. The van der Waals surface area contributed by atoms with Gasteiger partial charge in [-0.25, -0.2) is 4.39 Å². The highest BCUT2D eigenvalue weighted by Crippen LogP contribution is 2.29. The van der Waals surface area contributed by atoms with Gasteiger partial charge in [0.1, 0.15) is 5.82 Å². The first-order chi connectivity index (χ1) is 16.6. The summed E-state index contributed by atoms with van der Waals surface area (Å²) in [5, 5.41) is 12.1. The third-order valence-electron chi connectivity index (χ3n) is 6.23. The first-order valence-electron chi connectivity index (χ1n) is 12.0. The number of nitrogens with zero attached hydrogens (tertiary/aromatic N) is 4. The molecule has 2 aromatic carbocycles. The number of halogens is 1. The van der Waals surface area contributed by atoms with E-state index in [0.29, 0.717) is 29.1 Å².